The lowest BCUT2D eigenvalue weighted by Gasteiger charge is -2.07. The summed E-state index contributed by atoms with van der Waals surface area (Å²) in [6, 6.07) is 9.66. The quantitative estimate of drug-likeness (QED) is 0.578. The average Bonchev–Trinajstić information content (AvgIpc) is 3.43. The van der Waals surface area contributed by atoms with Crippen LogP contribution in [0.3, 0.4) is 0 Å². The normalized spacial score (nSPS) is 13.6. The van der Waals surface area contributed by atoms with Crippen LogP contribution in [-0.4, -0.2) is 20.9 Å². The van der Waals surface area contributed by atoms with Crippen LogP contribution in [-0.2, 0) is 11.2 Å². The minimum absolute atomic E-state index is 0.0971. The molecular formula is C20H19ClN4OS. The van der Waals surface area contributed by atoms with Crippen molar-refractivity contribution in [3.8, 4) is 21.8 Å². The molecule has 1 aromatic carbocycles. The molecule has 1 saturated carbocycles. The third kappa shape index (κ3) is 4.17. The summed E-state index contributed by atoms with van der Waals surface area (Å²) in [6.45, 7) is 2.14. The van der Waals surface area contributed by atoms with Crippen LogP contribution >= 0.6 is 22.9 Å². The highest BCUT2D eigenvalue weighted by Gasteiger charge is 2.29. The van der Waals surface area contributed by atoms with E-state index in [0.29, 0.717) is 0 Å². The molecule has 0 aliphatic heterocycles. The molecule has 3 aromatic rings. The van der Waals surface area contributed by atoms with Gasteiger partial charge in [-0.3, -0.25) is 4.79 Å². The molecule has 1 amide bonds. The van der Waals surface area contributed by atoms with Gasteiger partial charge in [0, 0.05) is 23.4 Å². The van der Waals surface area contributed by atoms with Gasteiger partial charge in [-0.1, -0.05) is 19.1 Å². The molecule has 0 bridgehead atoms. The molecule has 0 atom stereocenters. The van der Waals surface area contributed by atoms with E-state index in [2.05, 4.69) is 22.2 Å². The second-order valence-corrected chi connectivity index (χ2v) is 8.01. The van der Waals surface area contributed by atoms with Crippen molar-refractivity contribution < 1.29 is 4.79 Å². The molecule has 4 rings (SSSR count). The van der Waals surface area contributed by atoms with Gasteiger partial charge in [0.25, 0.3) is 0 Å². The lowest BCUT2D eigenvalue weighted by Crippen LogP contribution is -2.13. The third-order valence-electron chi connectivity index (χ3n) is 4.35. The summed E-state index contributed by atoms with van der Waals surface area (Å²) in [5, 5.41) is 4.28. The molecule has 2 heterocycles. The molecule has 138 valence electrons. The monoisotopic (exact) mass is 398 g/mol. The van der Waals surface area contributed by atoms with Gasteiger partial charge in [-0.05, 0) is 55.5 Å². The first kappa shape index (κ1) is 18.1. The number of nitrogens with zero attached hydrogens (tertiary/aromatic N) is 3. The Morgan fingerprint density at radius 3 is 2.89 bits per heavy atom. The molecule has 0 spiro atoms. The van der Waals surface area contributed by atoms with Gasteiger partial charge < -0.3 is 5.32 Å². The highest BCUT2D eigenvalue weighted by atomic mass is 35.5. The van der Waals surface area contributed by atoms with E-state index in [-0.39, 0.29) is 17.1 Å². The van der Waals surface area contributed by atoms with Crippen molar-refractivity contribution in [2.75, 3.05) is 5.32 Å². The Labute approximate surface area is 166 Å². The zero-order valence-electron chi connectivity index (χ0n) is 14.9. The topological polar surface area (TPSA) is 67.8 Å². The van der Waals surface area contributed by atoms with Crippen LogP contribution in [0.25, 0.3) is 21.8 Å². The number of aromatic nitrogens is 3. The van der Waals surface area contributed by atoms with Crippen molar-refractivity contribution in [1.82, 2.24) is 15.0 Å². The number of rotatable bonds is 6. The summed E-state index contributed by atoms with van der Waals surface area (Å²) in [5.41, 5.74) is 3.37. The van der Waals surface area contributed by atoms with Gasteiger partial charge in [0.05, 0.1) is 21.3 Å². The van der Waals surface area contributed by atoms with E-state index in [1.807, 2.05) is 30.3 Å². The molecule has 2 aromatic heterocycles. The Balaban J connectivity index is 1.72. The SMILES string of the molecule is CCCc1nc(-c2cccc(NC(=O)C3CC3)c2)c(-c2ccnc(Cl)n2)s1. The number of hydrogen-bond donors (Lipinski definition) is 1. The van der Waals surface area contributed by atoms with Crippen LogP contribution in [0.1, 0.15) is 31.2 Å². The third-order valence-corrected chi connectivity index (χ3v) is 5.67. The van der Waals surface area contributed by atoms with Gasteiger partial charge in [0.15, 0.2) is 0 Å². The average molecular weight is 399 g/mol. The summed E-state index contributed by atoms with van der Waals surface area (Å²) >= 11 is 7.62. The summed E-state index contributed by atoms with van der Waals surface area (Å²) in [4.78, 5) is 26.2. The Bertz CT molecular complexity index is 984. The number of benzene rings is 1. The summed E-state index contributed by atoms with van der Waals surface area (Å²) in [5.74, 6) is 0.266. The number of aryl methyl sites for hydroxylation is 1. The first-order valence-electron chi connectivity index (χ1n) is 9.04. The lowest BCUT2D eigenvalue weighted by molar-refractivity contribution is -0.117. The molecule has 0 radical (unpaired) electrons. The standard InChI is InChI=1S/C20H19ClN4OS/c1-2-4-16-25-17(18(27-16)15-9-10-22-20(21)24-15)13-5-3-6-14(11-13)23-19(26)12-7-8-12/h3,5-6,9-12H,2,4,7-8H2,1H3,(H,23,26). The molecule has 5 nitrogen and oxygen atoms in total. The van der Waals surface area contributed by atoms with Gasteiger partial charge in [-0.2, -0.15) is 0 Å². The van der Waals surface area contributed by atoms with Crippen molar-refractivity contribution in [3.05, 3.63) is 46.8 Å². The van der Waals surface area contributed by atoms with Crippen molar-refractivity contribution in [2.45, 2.75) is 32.6 Å². The number of anilines is 1. The maximum absolute atomic E-state index is 12.1. The minimum atomic E-state index is 0.0971. The predicted molar refractivity (Wildman–Crippen MR) is 109 cm³/mol. The smallest absolute Gasteiger partial charge is 0.227 e. The van der Waals surface area contributed by atoms with E-state index in [1.165, 1.54) is 0 Å². The largest absolute Gasteiger partial charge is 0.326 e. The second-order valence-electron chi connectivity index (χ2n) is 6.59. The number of carbonyl (C=O) groups excluding carboxylic acids is 1. The van der Waals surface area contributed by atoms with E-state index < -0.39 is 0 Å². The second kappa shape index (κ2) is 7.74. The van der Waals surface area contributed by atoms with Crippen LogP contribution in [0.4, 0.5) is 5.69 Å². The van der Waals surface area contributed by atoms with Gasteiger partial charge in [-0.25, -0.2) is 15.0 Å². The minimum Gasteiger partial charge on any atom is -0.326 e. The Hall–Kier alpha value is -2.31. The zero-order chi connectivity index (χ0) is 18.8. The fourth-order valence-corrected chi connectivity index (χ4v) is 4.15. The number of halogens is 1. The first-order chi connectivity index (χ1) is 13.1. The first-order valence-corrected chi connectivity index (χ1v) is 10.2. The molecule has 0 saturated heterocycles. The molecule has 27 heavy (non-hydrogen) atoms. The number of amides is 1. The fraction of sp³-hybridized carbons (Fsp3) is 0.300. The summed E-state index contributed by atoms with van der Waals surface area (Å²) < 4.78 is 0. The number of nitrogens with one attached hydrogen (secondary N) is 1. The van der Waals surface area contributed by atoms with E-state index in [4.69, 9.17) is 16.6 Å². The Kier molecular flexibility index (Phi) is 5.18. The molecule has 1 N–H and O–H groups in total. The lowest BCUT2D eigenvalue weighted by atomic mass is 10.1. The Morgan fingerprint density at radius 1 is 1.30 bits per heavy atom. The van der Waals surface area contributed by atoms with Gasteiger partial charge >= 0.3 is 0 Å². The molecular weight excluding hydrogens is 380 g/mol. The zero-order valence-corrected chi connectivity index (χ0v) is 16.5. The molecule has 1 aliphatic rings. The van der Waals surface area contributed by atoms with Crippen LogP contribution in [0, 0.1) is 5.92 Å². The van der Waals surface area contributed by atoms with Crippen LogP contribution in [0.5, 0.6) is 0 Å². The molecule has 0 unspecified atom stereocenters. The molecule has 7 heteroatoms. The molecule has 1 aliphatic carbocycles. The van der Waals surface area contributed by atoms with Gasteiger partial charge in [0.1, 0.15) is 0 Å². The van der Waals surface area contributed by atoms with E-state index in [0.717, 1.165) is 58.2 Å². The maximum Gasteiger partial charge on any atom is 0.227 e. The van der Waals surface area contributed by atoms with Crippen molar-refractivity contribution in [2.24, 2.45) is 5.92 Å². The van der Waals surface area contributed by atoms with Crippen molar-refractivity contribution in [3.63, 3.8) is 0 Å². The van der Waals surface area contributed by atoms with E-state index >= 15 is 0 Å². The highest BCUT2D eigenvalue weighted by Crippen LogP contribution is 2.37. The van der Waals surface area contributed by atoms with E-state index in [1.54, 1.807) is 17.5 Å². The number of thiazole rings is 1. The maximum atomic E-state index is 12.1. The Morgan fingerprint density at radius 2 is 2.15 bits per heavy atom. The fourth-order valence-electron chi connectivity index (χ4n) is 2.85. The van der Waals surface area contributed by atoms with Gasteiger partial charge in [-0.15, -0.1) is 11.3 Å². The number of hydrogen-bond acceptors (Lipinski definition) is 5. The van der Waals surface area contributed by atoms with E-state index in [9.17, 15) is 4.79 Å². The van der Waals surface area contributed by atoms with Crippen LogP contribution < -0.4 is 5.32 Å². The van der Waals surface area contributed by atoms with Crippen LogP contribution in [0.15, 0.2) is 36.5 Å². The van der Waals surface area contributed by atoms with Crippen LogP contribution in [0.2, 0.25) is 5.28 Å². The number of carbonyl (C=O) groups is 1. The highest BCUT2D eigenvalue weighted by molar-refractivity contribution is 7.15. The molecule has 1 fully saturated rings. The van der Waals surface area contributed by atoms with Gasteiger partial charge in [0.2, 0.25) is 11.2 Å². The van der Waals surface area contributed by atoms with Crippen molar-refractivity contribution in [1.29, 1.82) is 0 Å². The summed E-state index contributed by atoms with van der Waals surface area (Å²) in [6.07, 6.45) is 5.55. The summed E-state index contributed by atoms with van der Waals surface area (Å²) in [7, 11) is 0. The van der Waals surface area contributed by atoms with Crippen molar-refractivity contribution >= 4 is 34.5 Å². The predicted octanol–water partition coefficient (Wildman–Crippen LogP) is 5.22.